The van der Waals surface area contributed by atoms with Gasteiger partial charge in [-0.05, 0) is 44.0 Å². The number of hydrogen-bond donors (Lipinski definition) is 1. The Hall–Kier alpha value is -1.89. The molecule has 0 aliphatic carbocycles. The first kappa shape index (κ1) is 20.8. The van der Waals surface area contributed by atoms with Gasteiger partial charge in [0.2, 0.25) is 0 Å². The zero-order valence-electron chi connectivity index (χ0n) is 16.1. The molecular formula is C21H29ClN4O2. The predicted octanol–water partition coefficient (Wildman–Crippen LogP) is 2.45. The van der Waals surface area contributed by atoms with Crippen LogP contribution in [0, 0.1) is 5.92 Å². The molecule has 2 aromatic rings. The van der Waals surface area contributed by atoms with E-state index in [2.05, 4.69) is 22.5 Å². The fourth-order valence-electron chi connectivity index (χ4n) is 4.27. The number of carbonyl (C=O) groups excluding carboxylic acids is 1. The summed E-state index contributed by atoms with van der Waals surface area (Å²) in [5.41, 5.74) is 0.657. The number of hydrogen-bond acceptors (Lipinski definition) is 4. The average molecular weight is 405 g/mol. The summed E-state index contributed by atoms with van der Waals surface area (Å²) in [5.74, 6) is 0.632. The molecule has 2 aliphatic heterocycles. The first-order chi connectivity index (χ1) is 13.3. The molecule has 4 rings (SSSR count). The minimum absolute atomic E-state index is 0. The van der Waals surface area contributed by atoms with Gasteiger partial charge in [-0.25, -0.2) is 0 Å². The van der Waals surface area contributed by atoms with Crippen LogP contribution in [0.1, 0.15) is 24.8 Å². The lowest BCUT2D eigenvalue weighted by atomic mass is 9.87. The van der Waals surface area contributed by atoms with E-state index in [9.17, 15) is 4.79 Å². The molecule has 0 saturated carbocycles. The van der Waals surface area contributed by atoms with Crippen LogP contribution in [0.3, 0.4) is 0 Å². The number of halogens is 1. The predicted molar refractivity (Wildman–Crippen MR) is 110 cm³/mol. The van der Waals surface area contributed by atoms with Crippen molar-refractivity contribution < 1.29 is 9.53 Å². The molecule has 7 heteroatoms. The number of aromatic nitrogens is 2. The Kier molecular flexibility index (Phi) is 7.10. The SMILES string of the molecule is Cl.O=C(N1CCC(COCc2ccccc2)C1)C1(n2cccn2)CCNCC1. The van der Waals surface area contributed by atoms with Gasteiger partial charge in [0.15, 0.2) is 0 Å². The van der Waals surface area contributed by atoms with Gasteiger partial charge in [0.1, 0.15) is 5.54 Å². The summed E-state index contributed by atoms with van der Waals surface area (Å²) in [6, 6.07) is 12.1. The van der Waals surface area contributed by atoms with E-state index in [-0.39, 0.29) is 18.3 Å². The highest BCUT2D eigenvalue weighted by Crippen LogP contribution is 2.31. The fourth-order valence-corrected chi connectivity index (χ4v) is 4.27. The number of benzene rings is 1. The molecule has 2 saturated heterocycles. The van der Waals surface area contributed by atoms with Gasteiger partial charge < -0.3 is 15.0 Å². The van der Waals surface area contributed by atoms with Crippen LogP contribution in [0.2, 0.25) is 0 Å². The van der Waals surface area contributed by atoms with Crippen molar-refractivity contribution in [2.75, 3.05) is 32.8 Å². The second-order valence-corrected chi connectivity index (χ2v) is 7.64. The zero-order chi connectivity index (χ0) is 18.5. The van der Waals surface area contributed by atoms with Crippen molar-refractivity contribution in [3.8, 4) is 0 Å². The van der Waals surface area contributed by atoms with Gasteiger partial charge >= 0.3 is 0 Å². The van der Waals surface area contributed by atoms with Crippen molar-refractivity contribution in [3.05, 3.63) is 54.4 Å². The molecule has 1 unspecified atom stereocenters. The van der Waals surface area contributed by atoms with E-state index < -0.39 is 5.54 Å². The number of rotatable bonds is 6. The topological polar surface area (TPSA) is 59.4 Å². The highest BCUT2D eigenvalue weighted by Gasteiger charge is 2.45. The molecule has 2 aliphatic rings. The smallest absolute Gasteiger partial charge is 0.250 e. The van der Waals surface area contributed by atoms with Crippen LogP contribution in [0.15, 0.2) is 48.8 Å². The van der Waals surface area contributed by atoms with Crippen molar-refractivity contribution in [1.29, 1.82) is 0 Å². The van der Waals surface area contributed by atoms with Gasteiger partial charge in [-0.3, -0.25) is 9.48 Å². The maximum Gasteiger partial charge on any atom is 0.250 e. The number of piperidine rings is 1. The summed E-state index contributed by atoms with van der Waals surface area (Å²) in [6.07, 6.45) is 6.29. The molecule has 0 spiro atoms. The normalized spacial score (nSPS) is 21.3. The lowest BCUT2D eigenvalue weighted by Gasteiger charge is -2.39. The first-order valence-corrected chi connectivity index (χ1v) is 9.90. The Bertz CT molecular complexity index is 732. The summed E-state index contributed by atoms with van der Waals surface area (Å²) in [4.78, 5) is 15.5. The molecule has 1 N–H and O–H groups in total. The van der Waals surface area contributed by atoms with Crippen molar-refractivity contribution in [2.45, 2.75) is 31.4 Å². The van der Waals surface area contributed by atoms with Crippen LogP contribution in [0.4, 0.5) is 0 Å². The average Bonchev–Trinajstić information content (AvgIpc) is 3.41. The Balaban J connectivity index is 0.00000225. The Morgan fingerprint density at radius 2 is 2.00 bits per heavy atom. The van der Waals surface area contributed by atoms with Gasteiger partial charge in [0.25, 0.3) is 5.91 Å². The van der Waals surface area contributed by atoms with E-state index in [1.165, 1.54) is 5.56 Å². The molecule has 28 heavy (non-hydrogen) atoms. The molecule has 1 aromatic carbocycles. The number of likely N-dealkylation sites (tertiary alicyclic amines) is 1. The van der Waals surface area contributed by atoms with Crippen LogP contribution < -0.4 is 5.32 Å². The van der Waals surface area contributed by atoms with Gasteiger partial charge in [-0.2, -0.15) is 5.10 Å². The highest BCUT2D eigenvalue weighted by molar-refractivity contribution is 5.85. The quantitative estimate of drug-likeness (QED) is 0.803. The van der Waals surface area contributed by atoms with Crippen LogP contribution in [-0.2, 0) is 21.7 Å². The van der Waals surface area contributed by atoms with Gasteiger partial charge in [0.05, 0.1) is 13.2 Å². The van der Waals surface area contributed by atoms with E-state index in [0.717, 1.165) is 45.4 Å². The minimum Gasteiger partial charge on any atom is -0.376 e. The Morgan fingerprint density at radius 3 is 2.71 bits per heavy atom. The lowest BCUT2D eigenvalue weighted by Crippen LogP contribution is -2.55. The summed E-state index contributed by atoms with van der Waals surface area (Å²) in [7, 11) is 0. The Morgan fingerprint density at radius 1 is 1.21 bits per heavy atom. The first-order valence-electron chi connectivity index (χ1n) is 9.90. The van der Waals surface area contributed by atoms with Gasteiger partial charge in [0, 0.05) is 31.4 Å². The van der Waals surface area contributed by atoms with Crippen LogP contribution in [0.5, 0.6) is 0 Å². The van der Waals surface area contributed by atoms with E-state index >= 15 is 0 Å². The fraction of sp³-hybridized carbons (Fsp3) is 0.524. The number of carbonyl (C=O) groups is 1. The van der Waals surface area contributed by atoms with E-state index in [1.54, 1.807) is 6.20 Å². The summed E-state index contributed by atoms with van der Waals surface area (Å²) in [5, 5.41) is 7.79. The number of nitrogens with one attached hydrogen (secondary N) is 1. The van der Waals surface area contributed by atoms with Crippen molar-refractivity contribution >= 4 is 18.3 Å². The monoisotopic (exact) mass is 404 g/mol. The highest BCUT2D eigenvalue weighted by atomic mass is 35.5. The molecule has 1 atom stereocenters. The van der Waals surface area contributed by atoms with Crippen molar-refractivity contribution in [1.82, 2.24) is 20.0 Å². The maximum atomic E-state index is 13.5. The molecule has 3 heterocycles. The second kappa shape index (κ2) is 9.54. The molecule has 2 fully saturated rings. The standard InChI is InChI=1S/C21H28N4O2.ClH/c26-20(21(8-11-22-12-9-21)25-13-4-10-23-25)24-14-7-19(15-24)17-27-16-18-5-2-1-3-6-18;/h1-6,10,13,19,22H,7-9,11-12,14-17H2;1H. The van der Waals surface area contributed by atoms with Gasteiger partial charge in [-0.1, -0.05) is 30.3 Å². The minimum atomic E-state index is -0.533. The third-order valence-electron chi connectivity index (χ3n) is 5.81. The largest absolute Gasteiger partial charge is 0.376 e. The van der Waals surface area contributed by atoms with Gasteiger partial charge in [-0.15, -0.1) is 12.4 Å². The maximum absolute atomic E-state index is 13.5. The molecule has 0 bridgehead atoms. The van der Waals surface area contributed by atoms with Crippen LogP contribution in [0.25, 0.3) is 0 Å². The Labute approximate surface area is 172 Å². The molecular weight excluding hydrogens is 376 g/mol. The molecule has 1 aromatic heterocycles. The van der Waals surface area contributed by atoms with Crippen molar-refractivity contribution in [2.24, 2.45) is 5.92 Å². The third-order valence-corrected chi connectivity index (χ3v) is 5.81. The number of amides is 1. The van der Waals surface area contributed by atoms with Crippen molar-refractivity contribution in [3.63, 3.8) is 0 Å². The van der Waals surface area contributed by atoms with Crippen LogP contribution >= 0.6 is 12.4 Å². The molecule has 0 radical (unpaired) electrons. The van der Waals surface area contributed by atoms with E-state index in [4.69, 9.17) is 4.74 Å². The van der Waals surface area contributed by atoms with E-state index in [0.29, 0.717) is 19.1 Å². The summed E-state index contributed by atoms with van der Waals surface area (Å²) >= 11 is 0. The summed E-state index contributed by atoms with van der Waals surface area (Å²) in [6.45, 7) is 4.63. The second-order valence-electron chi connectivity index (χ2n) is 7.64. The summed E-state index contributed by atoms with van der Waals surface area (Å²) < 4.78 is 7.79. The zero-order valence-corrected chi connectivity index (χ0v) is 16.9. The van der Waals surface area contributed by atoms with Crippen LogP contribution in [-0.4, -0.2) is 53.4 Å². The third kappa shape index (κ3) is 4.40. The number of ether oxygens (including phenoxy) is 1. The van der Waals surface area contributed by atoms with E-state index in [1.807, 2.05) is 40.0 Å². The lowest BCUT2D eigenvalue weighted by molar-refractivity contribution is -0.142. The molecule has 6 nitrogen and oxygen atoms in total. The number of nitrogens with zero attached hydrogens (tertiary/aromatic N) is 3. The molecule has 1 amide bonds. The molecule has 152 valence electrons.